The first-order valence-corrected chi connectivity index (χ1v) is 20.6. The third-order valence-corrected chi connectivity index (χ3v) is 12.6. The number of ether oxygens (including phenoxy) is 5. The van der Waals surface area contributed by atoms with E-state index in [4.69, 9.17) is 23.7 Å². The molecular formula is C47H48N3O11+. The zero-order valence-electron chi connectivity index (χ0n) is 34.0. The Kier molecular flexibility index (Phi) is 11.1. The number of aliphatic hydroxyl groups is 3. The van der Waals surface area contributed by atoms with Gasteiger partial charge in [-0.05, 0) is 72.1 Å². The number of benzene rings is 4. The van der Waals surface area contributed by atoms with Crippen LogP contribution in [0, 0.1) is 17.9 Å². The quantitative estimate of drug-likeness (QED) is 0.120. The molecule has 9 rings (SSSR count). The molecule has 5 N–H and O–H groups in total. The molecule has 1 saturated carbocycles. The molecule has 14 nitrogen and oxygen atoms in total. The highest BCUT2D eigenvalue weighted by molar-refractivity contribution is 6.11. The topological polar surface area (TPSA) is 189 Å². The number of ketones is 1. The molecule has 4 aliphatic heterocycles. The molecule has 316 valence electrons. The van der Waals surface area contributed by atoms with Crippen LogP contribution in [0.2, 0.25) is 0 Å². The Hall–Kier alpha value is -5.66. The summed E-state index contributed by atoms with van der Waals surface area (Å²) < 4.78 is 30.6. The van der Waals surface area contributed by atoms with Crippen LogP contribution in [0.15, 0.2) is 59.6 Å². The molecule has 0 radical (unpaired) electrons. The lowest BCUT2D eigenvalue weighted by Gasteiger charge is -2.47. The van der Waals surface area contributed by atoms with E-state index >= 15 is 0 Å². The number of phenols is 1. The molecule has 4 aromatic rings. The van der Waals surface area contributed by atoms with Gasteiger partial charge in [-0.3, -0.25) is 9.59 Å². The number of fused-ring (bicyclic) bond motifs is 5. The SMILES string of the molecule is CNCc1ccc2c(c1)[C+](COC[C@@H]1O[C@@H]3Oc4cc(OC)cc5cc(C6CCCC6)c(c(O)c45)C(=O)CN4Cc5c(cccc5C4=O)CC#CO[C@H]([C@@H]1O)[C@]3(O)CO)C=N2. The average molecular weight is 831 g/mol. The second kappa shape index (κ2) is 16.7. The number of methoxy groups -OCH3 is 1. The van der Waals surface area contributed by atoms with E-state index in [1.807, 2.05) is 37.4 Å². The highest BCUT2D eigenvalue weighted by Crippen LogP contribution is 2.47. The Bertz CT molecular complexity index is 2470. The second-order valence-corrected chi connectivity index (χ2v) is 16.4. The summed E-state index contributed by atoms with van der Waals surface area (Å²) in [6.07, 6.45) is 1.93. The summed E-state index contributed by atoms with van der Waals surface area (Å²) in [6.45, 7) is -0.526. The van der Waals surface area contributed by atoms with Crippen molar-refractivity contribution >= 4 is 34.4 Å². The Labute approximate surface area is 353 Å². The number of nitrogens with one attached hydrogen (secondary N) is 1. The minimum atomic E-state index is -2.43. The summed E-state index contributed by atoms with van der Waals surface area (Å²) in [7, 11) is 3.35. The molecule has 1 aliphatic carbocycles. The zero-order valence-corrected chi connectivity index (χ0v) is 34.0. The van der Waals surface area contributed by atoms with Gasteiger partial charge in [0.2, 0.25) is 6.29 Å². The van der Waals surface area contributed by atoms with Crippen LogP contribution in [0.5, 0.6) is 17.2 Å². The van der Waals surface area contributed by atoms with E-state index in [-0.39, 0.29) is 67.0 Å². The maximum Gasteiger partial charge on any atom is 0.254 e. The fourth-order valence-electron chi connectivity index (χ4n) is 9.36. The lowest BCUT2D eigenvalue weighted by molar-refractivity contribution is -0.327. The molecule has 2 fully saturated rings. The molecule has 5 aliphatic rings. The van der Waals surface area contributed by atoms with Crippen LogP contribution in [-0.4, -0.2) is 114 Å². The van der Waals surface area contributed by atoms with Gasteiger partial charge in [0.1, 0.15) is 54.3 Å². The molecule has 5 atom stereocenters. The number of hydrogen-bond donors (Lipinski definition) is 5. The number of aliphatic imine (C=N–C) groups is 1. The summed E-state index contributed by atoms with van der Waals surface area (Å²) in [5.74, 6) is 2.95. The number of carbonyl (C=O) groups is 2. The van der Waals surface area contributed by atoms with Crippen LogP contribution in [0.3, 0.4) is 0 Å². The van der Waals surface area contributed by atoms with Crippen molar-refractivity contribution in [2.75, 3.05) is 40.5 Å². The minimum absolute atomic E-state index is 0.0156. The molecular weight excluding hydrogens is 783 g/mol. The summed E-state index contributed by atoms with van der Waals surface area (Å²) in [5.41, 5.74) is 3.04. The number of Topliss-reactive ketones (excluding diaryl/α,β-unsaturated/α-hetero) is 1. The number of rotatable bonds is 9. The van der Waals surface area contributed by atoms with Gasteiger partial charge in [0.15, 0.2) is 28.7 Å². The van der Waals surface area contributed by atoms with Crippen molar-refractivity contribution in [3.63, 3.8) is 0 Å². The molecule has 6 bridgehead atoms. The monoisotopic (exact) mass is 830 g/mol. The van der Waals surface area contributed by atoms with Crippen LogP contribution < -0.4 is 14.8 Å². The summed E-state index contributed by atoms with van der Waals surface area (Å²) in [6, 6.07) is 16.3. The fourth-order valence-corrected chi connectivity index (χ4v) is 9.36. The molecule has 61 heavy (non-hydrogen) atoms. The third-order valence-electron chi connectivity index (χ3n) is 12.6. The molecule has 1 amide bonds. The van der Waals surface area contributed by atoms with E-state index < -0.39 is 42.6 Å². The van der Waals surface area contributed by atoms with Crippen molar-refractivity contribution in [1.82, 2.24) is 10.2 Å². The van der Waals surface area contributed by atoms with Gasteiger partial charge in [-0.1, -0.05) is 30.9 Å². The maximum atomic E-state index is 14.6. The third kappa shape index (κ3) is 7.35. The predicted molar refractivity (Wildman–Crippen MR) is 223 cm³/mol. The van der Waals surface area contributed by atoms with E-state index in [9.17, 15) is 30.0 Å². The predicted octanol–water partition coefficient (Wildman–Crippen LogP) is 4.22. The van der Waals surface area contributed by atoms with Gasteiger partial charge in [0.05, 0.1) is 43.9 Å². The molecule has 0 unspecified atom stereocenters. The van der Waals surface area contributed by atoms with Gasteiger partial charge in [-0.2, -0.15) is 4.99 Å². The summed E-state index contributed by atoms with van der Waals surface area (Å²) in [4.78, 5) is 34.3. The van der Waals surface area contributed by atoms with Gasteiger partial charge in [-0.15, -0.1) is 0 Å². The first-order chi connectivity index (χ1) is 29.6. The smallest absolute Gasteiger partial charge is 0.254 e. The zero-order chi connectivity index (χ0) is 42.4. The summed E-state index contributed by atoms with van der Waals surface area (Å²) in [5, 5.41) is 51.1. The largest absolute Gasteiger partial charge is 0.506 e. The van der Waals surface area contributed by atoms with Crippen LogP contribution in [0.25, 0.3) is 10.8 Å². The Morgan fingerprint density at radius 2 is 1.93 bits per heavy atom. The Balaban J connectivity index is 1.12. The number of aliphatic hydroxyl groups excluding tert-OH is 2. The van der Waals surface area contributed by atoms with Crippen LogP contribution in [0.1, 0.15) is 80.1 Å². The number of nitrogens with zero attached hydrogens (tertiary/aromatic N) is 2. The van der Waals surface area contributed by atoms with E-state index in [1.54, 1.807) is 24.4 Å². The number of hydrogen-bond acceptors (Lipinski definition) is 13. The van der Waals surface area contributed by atoms with E-state index in [1.165, 1.54) is 18.1 Å². The van der Waals surface area contributed by atoms with Gasteiger partial charge in [-0.25, -0.2) is 0 Å². The van der Waals surface area contributed by atoms with Gasteiger partial charge >= 0.3 is 0 Å². The molecule has 0 aromatic heterocycles. The Morgan fingerprint density at radius 1 is 1.10 bits per heavy atom. The van der Waals surface area contributed by atoms with Gasteiger partial charge in [0, 0.05) is 42.8 Å². The highest BCUT2D eigenvalue weighted by Gasteiger charge is 2.59. The number of carbonyl (C=O) groups excluding carboxylic acids is 2. The first kappa shape index (κ1) is 40.7. The van der Waals surface area contributed by atoms with E-state index in [0.717, 1.165) is 59.5 Å². The van der Waals surface area contributed by atoms with Crippen molar-refractivity contribution in [1.29, 1.82) is 0 Å². The lowest BCUT2D eigenvalue weighted by Crippen LogP contribution is -2.70. The van der Waals surface area contributed by atoms with Gasteiger partial charge in [0.25, 0.3) is 5.91 Å². The lowest BCUT2D eigenvalue weighted by atomic mass is 9.86. The molecule has 4 heterocycles. The van der Waals surface area contributed by atoms with Crippen molar-refractivity contribution in [3.05, 3.63) is 99.5 Å². The van der Waals surface area contributed by atoms with Gasteiger partial charge < -0.3 is 54.3 Å². The average Bonchev–Trinajstić information content (AvgIpc) is 4.02. The normalized spacial score (nSPS) is 24.6. The molecule has 4 aromatic carbocycles. The standard InChI is InChI=1S/C47H47N3O11/c1-48-19-26-12-13-36-33(15-26)30(20-49-36)23-58-24-39-42(53)44-47(56,25-51)46(61-39)60-38-18-31(57-2)16-29-17-34(27-7-3-4-8-27)41(43(54)40(29)38)37(52)22-50-21-35-28(10-6-14-59-44)9-5-11-32(35)45(50)55/h5,9,11-13,15-18,20,27,39,42,44,46,48,51,53,56H,3-4,7-8,10,19,21-25H2,1-2H3/p+1/t39-,42+,44+,46-,47+/m0/s1. The van der Waals surface area contributed by atoms with Crippen LogP contribution in [0.4, 0.5) is 5.69 Å². The van der Waals surface area contributed by atoms with Crippen molar-refractivity contribution in [3.8, 4) is 29.3 Å². The Morgan fingerprint density at radius 3 is 2.72 bits per heavy atom. The van der Waals surface area contributed by atoms with E-state index in [0.29, 0.717) is 28.8 Å². The highest BCUT2D eigenvalue weighted by atomic mass is 16.7. The number of aromatic hydroxyl groups is 1. The second-order valence-electron chi connectivity index (χ2n) is 16.4. The summed E-state index contributed by atoms with van der Waals surface area (Å²) >= 11 is 0. The molecule has 1 saturated heterocycles. The minimum Gasteiger partial charge on any atom is -0.506 e. The molecule has 0 spiro atoms. The maximum absolute atomic E-state index is 14.6. The first-order valence-electron chi connectivity index (χ1n) is 20.6. The van der Waals surface area contributed by atoms with Crippen molar-refractivity contribution < 1.29 is 53.7 Å². The van der Waals surface area contributed by atoms with E-state index in [2.05, 4.69) is 22.3 Å². The van der Waals surface area contributed by atoms with Crippen molar-refractivity contribution in [2.24, 2.45) is 4.99 Å². The molecule has 14 heteroatoms. The van der Waals surface area contributed by atoms with Crippen LogP contribution >= 0.6 is 0 Å². The van der Waals surface area contributed by atoms with Crippen LogP contribution in [-0.2, 0) is 33.7 Å². The fraction of sp³-hybridized carbons (Fsp3) is 0.404. The number of phenolic OH excluding ortho intramolecular Hbond substituents is 1. The van der Waals surface area contributed by atoms with Crippen molar-refractivity contribution in [2.45, 2.75) is 81.3 Å². The number of amides is 1.